The topological polar surface area (TPSA) is 81.7 Å². The molecule has 2 saturated heterocycles. The van der Waals surface area contributed by atoms with Crippen LogP contribution in [0, 0.1) is 0 Å². The summed E-state index contributed by atoms with van der Waals surface area (Å²) in [5.41, 5.74) is 0.981. The fourth-order valence-electron chi connectivity index (χ4n) is 3.80. The normalized spacial score (nSPS) is 26.1. The van der Waals surface area contributed by atoms with Gasteiger partial charge in [-0.3, -0.25) is 0 Å². The summed E-state index contributed by atoms with van der Waals surface area (Å²) in [4.78, 5) is 12.9. The van der Waals surface area contributed by atoms with E-state index in [0.29, 0.717) is 13.2 Å². The van der Waals surface area contributed by atoms with Crippen LogP contribution in [0.15, 0.2) is 49.3 Å². The van der Waals surface area contributed by atoms with Crippen LogP contribution in [-0.4, -0.2) is 62.6 Å². The molecular formula is C26H36O8. The molecule has 188 valence electrons. The molecule has 0 bridgehead atoms. The van der Waals surface area contributed by atoms with Gasteiger partial charge in [0.15, 0.2) is 18.0 Å². The van der Waals surface area contributed by atoms with E-state index in [-0.39, 0.29) is 18.8 Å². The van der Waals surface area contributed by atoms with Gasteiger partial charge >= 0.3 is 5.97 Å². The fraction of sp³-hybridized carbons (Fsp3) is 0.577. The molecule has 8 heteroatoms. The average molecular weight is 477 g/mol. The van der Waals surface area contributed by atoms with E-state index in [1.807, 2.05) is 38.1 Å². The van der Waals surface area contributed by atoms with E-state index in [4.69, 9.17) is 33.2 Å². The lowest BCUT2D eigenvalue weighted by molar-refractivity contribution is -0.181. The predicted molar refractivity (Wildman–Crippen MR) is 125 cm³/mol. The number of methoxy groups -OCH3 is 1. The quantitative estimate of drug-likeness (QED) is 0.270. The lowest BCUT2D eigenvalue weighted by atomic mass is 10.1. The highest BCUT2D eigenvalue weighted by Gasteiger charge is 2.39. The smallest absolute Gasteiger partial charge is 0.335 e. The van der Waals surface area contributed by atoms with Gasteiger partial charge in [0.05, 0.1) is 26.1 Å². The van der Waals surface area contributed by atoms with E-state index in [1.165, 1.54) is 6.26 Å². The van der Waals surface area contributed by atoms with Crippen LogP contribution in [0.3, 0.4) is 0 Å². The summed E-state index contributed by atoms with van der Waals surface area (Å²) >= 11 is 0. The summed E-state index contributed by atoms with van der Waals surface area (Å²) in [6.45, 7) is 10.4. The molecule has 2 aliphatic heterocycles. The van der Waals surface area contributed by atoms with Crippen molar-refractivity contribution in [3.63, 3.8) is 0 Å². The average Bonchev–Trinajstić information content (AvgIpc) is 3.21. The van der Waals surface area contributed by atoms with E-state index in [1.54, 1.807) is 26.2 Å². The predicted octanol–water partition coefficient (Wildman–Crippen LogP) is 3.93. The molecule has 1 aromatic rings. The Kier molecular flexibility index (Phi) is 9.53. The van der Waals surface area contributed by atoms with Crippen LogP contribution >= 0.6 is 0 Å². The van der Waals surface area contributed by atoms with E-state index < -0.39 is 30.1 Å². The SMILES string of the molecule is C=C[C@H]1OCCC[C@@H]1OC(C)C(=O)O[C@H](/C=C/OCc1ccc(OC)cc1)[C@H]1COC(C)(C)O1. The second kappa shape index (κ2) is 12.4. The molecule has 2 aliphatic rings. The molecule has 2 fully saturated rings. The van der Waals surface area contributed by atoms with Crippen molar-refractivity contribution in [3.8, 4) is 5.75 Å². The van der Waals surface area contributed by atoms with E-state index in [9.17, 15) is 4.79 Å². The first-order valence-electron chi connectivity index (χ1n) is 11.6. The van der Waals surface area contributed by atoms with Gasteiger partial charge in [0.2, 0.25) is 0 Å². The highest BCUT2D eigenvalue weighted by atomic mass is 16.8. The zero-order valence-corrected chi connectivity index (χ0v) is 20.4. The Hall–Kier alpha value is -2.39. The van der Waals surface area contributed by atoms with Gasteiger partial charge in [0.1, 0.15) is 24.6 Å². The first-order valence-corrected chi connectivity index (χ1v) is 11.6. The number of benzene rings is 1. The van der Waals surface area contributed by atoms with Crippen molar-refractivity contribution in [1.82, 2.24) is 0 Å². The van der Waals surface area contributed by atoms with Crippen molar-refractivity contribution in [3.05, 3.63) is 54.8 Å². The van der Waals surface area contributed by atoms with Crippen LogP contribution in [0.2, 0.25) is 0 Å². The summed E-state index contributed by atoms with van der Waals surface area (Å²) in [6.07, 6.45) is 4.14. The van der Waals surface area contributed by atoms with Gasteiger partial charge in [-0.25, -0.2) is 4.79 Å². The molecule has 0 amide bonds. The molecule has 0 spiro atoms. The Morgan fingerprint density at radius 3 is 2.71 bits per heavy atom. The maximum atomic E-state index is 12.9. The maximum absolute atomic E-state index is 12.9. The third kappa shape index (κ3) is 7.56. The third-order valence-corrected chi connectivity index (χ3v) is 5.68. The van der Waals surface area contributed by atoms with Gasteiger partial charge < -0.3 is 33.2 Å². The van der Waals surface area contributed by atoms with Crippen molar-refractivity contribution in [2.75, 3.05) is 20.3 Å². The Balaban J connectivity index is 1.58. The largest absolute Gasteiger partial charge is 0.497 e. The van der Waals surface area contributed by atoms with Crippen molar-refractivity contribution in [2.45, 2.75) is 76.5 Å². The minimum atomic E-state index is -0.777. The Labute approximate surface area is 201 Å². The molecule has 0 aromatic heterocycles. The van der Waals surface area contributed by atoms with E-state index in [2.05, 4.69) is 6.58 Å². The van der Waals surface area contributed by atoms with Gasteiger partial charge in [0.25, 0.3) is 0 Å². The molecule has 1 aromatic carbocycles. The zero-order valence-electron chi connectivity index (χ0n) is 20.4. The Morgan fingerprint density at radius 1 is 1.29 bits per heavy atom. The summed E-state index contributed by atoms with van der Waals surface area (Å²) in [5.74, 6) is -0.472. The molecule has 0 radical (unpaired) electrons. The molecule has 0 saturated carbocycles. The number of esters is 1. The first-order chi connectivity index (χ1) is 16.3. The van der Waals surface area contributed by atoms with Crippen LogP contribution in [0.25, 0.3) is 0 Å². The standard InChI is InChI=1S/C26H36O8/c1-6-21-22(8-7-14-30-21)32-18(2)25(27)33-23(24-17-31-26(3,4)34-24)13-15-29-16-19-9-11-20(28-5)12-10-19/h6,9-13,15,18,21-24H,1,7-8,14,16-17H2,2-5H3/b15-13+/t18?,21-,22+,23-,24-/m1/s1. The van der Waals surface area contributed by atoms with Crippen LogP contribution < -0.4 is 4.74 Å². The van der Waals surface area contributed by atoms with Crippen LogP contribution in [0.1, 0.15) is 39.2 Å². The van der Waals surface area contributed by atoms with Crippen molar-refractivity contribution >= 4 is 5.97 Å². The number of rotatable bonds is 11. The van der Waals surface area contributed by atoms with Crippen molar-refractivity contribution < 1.29 is 38.0 Å². The van der Waals surface area contributed by atoms with Gasteiger partial charge in [-0.2, -0.15) is 0 Å². The molecule has 0 N–H and O–H groups in total. The van der Waals surface area contributed by atoms with Crippen LogP contribution in [-0.2, 0) is 39.8 Å². The fourth-order valence-corrected chi connectivity index (χ4v) is 3.80. The molecular weight excluding hydrogens is 440 g/mol. The van der Waals surface area contributed by atoms with Gasteiger partial charge in [-0.1, -0.05) is 18.2 Å². The second-order valence-corrected chi connectivity index (χ2v) is 8.79. The number of ether oxygens (including phenoxy) is 7. The minimum absolute atomic E-state index is 0.236. The Morgan fingerprint density at radius 2 is 2.06 bits per heavy atom. The Bertz CT molecular complexity index is 819. The second-order valence-electron chi connectivity index (χ2n) is 8.79. The zero-order chi connectivity index (χ0) is 24.6. The maximum Gasteiger partial charge on any atom is 0.335 e. The van der Waals surface area contributed by atoms with Gasteiger partial charge in [-0.05, 0) is 57.4 Å². The molecule has 3 rings (SSSR count). The number of hydrogen-bond donors (Lipinski definition) is 0. The lowest BCUT2D eigenvalue weighted by Crippen LogP contribution is -2.41. The summed E-state index contributed by atoms with van der Waals surface area (Å²) < 4.78 is 39.8. The highest BCUT2D eigenvalue weighted by molar-refractivity contribution is 5.74. The monoisotopic (exact) mass is 476 g/mol. The molecule has 0 aliphatic carbocycles. The van der Waals surface area contributed by atoms with Crippen LogP contribution in [0.4, 0.5) is 0 Å². The molecule has 5 atom stereocenters. The summed E-state index contributed by atoms with van der Waals surface area (Å²) in [5, 5.41) is 0. The van der Waals surface area contributed by atoms with E-state index >= 15 is 0 Å². The highest BCUT2D eigenvalue weighted by Crippen LogP contribution is 2.27. The number of hydrogen-bond acceptors (Lipinski definition) is 8. The van der Waals surface area contributed by atoms with Crippen molar-refractivity contribution in [1.29, 1.82) is 0 Å². The van der Waals surface area contributed by atoms with E-state index in [0.717, 1.165) is 24.2 Å². The molecule has 1 unspecified atom stereocenters. The minimum Gasteiger partial charge on any atom is -0.497 e. The first kappa shape index (κ1) is 26.2. The van der Waals surface area contributed by atoms with Gasteiger partial charge in [-0.15, -0.1) is 6.58 Å². The summed E-state index contributed by atoms with van der Waals surface area (Å²) in [6, 6.07) is 7.58. The third-order valence-electron chi connectivity index (χ3n) is 5.68. The van der Waals surface area contributed by atoms with Crippen molar-refractivity contribution in [2.24, 2.45) is 0 Å². The van der Waals surface area contributed by atoms with Gasteiger partial charge in [0, 0.05) is 6.61 Å². The molecule has 34 heavy (non-hydrogen) atoms. The molecule has 2 heterocycles. The van der Waals surface area contributed by atoms with Crippen LogP contribution in [0.5, 0.6) is 5.75 Å². The number of carbonyl (C=O) groups excluding carboxylic acids is 1. The number of carbonyl (C=O) groups is 1. The molecule has 8 nitrogen and oxygen atoms in total. The lowest BCUT2D eigenvalue weighted by Gasteiger charge is -2.31. The summed E-state index contributed by atoms with van der Waals surface area (Å²) in [7, 11) is 1.62.